The maximum Gasteiger partial charge on any atom is 0.305 e. The van der Waals surface area contributed by atoms with Crippen LogP contribution in [0.15, 0.2) is 30.6 Å². The minimum Gasteiger partial charge on any atom is -0.469 e. The summed E-state index contributed by atoms with van der Waals surface area (Å²) in [4.78, 5) is 15.1. The number of aryl methyl sites for hydroxylation is 1. The first-order chi connectivity index (χ1) is 8.22. The highest BCUT2D eigenvalue weighted by atomic mass is 19.1. The standard InChI is InChI=1S/C13H12FNO2/c1-17-13(16)5-3-9-2-4-12(14)10-6-7-15-8-11(9)10/h2,4,6-8H,3,5H2,1H3. The molecule has 0 aliphatic heterocycles. The van der Waals surface area contributed by atoms with Crippen molar-refractivity contribution in [2.45, 2.75) is 12.8 Å². The van der Waals surface area contributed by atoms with Crippen molar-refractivity contribution in [3.8, 4) is 0 Å². The fourth-order valence-electron chi connectivity index (χ4n) is 1.77. The van der Waals surface area contributed by atoms with E-state index < -0.39 is 0 Å². The number of pyridine rings is 1. The van der Waals surface area contributed by atoms with Crippen molar-refractivity contribution in [3.63, 3.8) is 0 Å². The Labute approximate surface area is 98.2 Å². The van der Waals surface area contributed by atoms with Crippen molar-refractivity contribution < 1.29 is 13.9 Å². The van der Waals surface area contributed by atoms with Crippen LogP contribution in [0.4, 0.5) is 4.39 Å². The Balaban J connectivity index is 2.35. The monoisotopic (exact) mass is 233 g/mol. The largest absolute Gasteiger partial charge is 0.469 e. The topological polar surface area (TPSA) is 39.2 Å². The fraction of sp³-hybridized carbons (Fsp3) is 0.231. The molecule has 1 heterocycles. The lowest BCUT2D eigenvalue weighted by Gasteiger charge is -2.06. The van der Waals surface area contributed by atoms with E-state index in [4.69, 9.17) is 0 Å². The van der Waals surface area contributed by atoms with Crippen LogP contribution < -0.4 is 0 Å². The third kappa shape index (κ3) is 2.41. The number of nitrogens with zero attached hydrogens (tertiary/aromatic N) is 1. The van der Waals surface area contributed by atoms with Gasteiger partial charge in [-0.15, -0.1) is 0 Å². The quantitative estimate of drug-likeness (QED) is 0.764. The summed E-state index contributed by atoms with van der Waals surface area (Å²) in [6, 6.07) is 4.73. The van der Waals surface area contributed by atoms with E-state index in [2.05, 4.69) is 9.72 Å². The zero-order chi connectivity index (χ0) is 12.3. The molecule has 88 valence electrons. The molecule has 0 aliphatic rings. The Kier molecular flexibility index (Phi) is 3.32. The molecule has 0 N–H and O–H groups in total. The summed E-state index contributed by atoms with van der Waals surface area (Å²) in [5.74, 6) is -0.546. The number of carbonyl (C=O) groups is 1. The van der Waals surface area contributed by atoms with Gasteiger partial charge in [0.25, 0.3) is 0 Å². The first-order valence-corrected chi connectivity index (χ1v) is 5.30. The Morgan fingerprint density at radius 1 is 1.35 bits per heavy atom. The molecule has 4 heteroatoms. The molecular weight excluding hydrogens is 221 g/mol. The van der Waals surface area contributed by atoms with Crippen LogP contribution in [0.1, 0.15) is 12.0 Å². The maximum absolute atomic E-state index is 13.5. The Bertz CT molecular complexity index is 554. The van der Waals surface area contributed by atoms with Crippen LogP contribution in [0.2, 0.25) is 0 Å². The van der Waals surface area contributed by atoms with Gasteiger partial charge >= 0.3 is 5.97 Å². The molecule has 0 fully saturated rings. The minimum atomic E-state index is -0.274. The van der Waals surface area contributed by atoms with Crippen LogP contribution in [0, 0.1) is 5.82 Å². The lowest BCUT2D eigenvalue weighted by molar-refractivity contribution is -0.140. The average molecular weight is 233 g/mol. The molecule has 0 bridgehead atoms. The molecular formula is C13H12FNO2. The first kappa shape index (κ1) is 11.5. The van der Waals surface area contributed by atoms with Gasteiger partial charge in [-0.25, -0.2) is 4.39 Å². The number of ether oxygens (including phenoxy) is 1. The summed E-state index contributed by atoms with van der Waals surface area (Å²) >= 11 is 0. The highest BCUT2D eigenvalue weighted by molar-refractivity contribution is 5.85. The average Bonchev–Trinajstić information content (AvgIpc) is 2.38. The second-order valence-electron chi connectivity index (χ2n) is 3.70. The lowest BCUT2D eigenvalue weighted by atomic mass is 10.0. The smallest absolute Gasteiger partial charge is 0.305 e. The van der Waals surface area contributed by atoms with Gasteiger partial charge in [-0.05, 0) is 24.1 Å². The van der Waals surface area contributed by atoms with E-state index in [1.165, 1.54) is 13.2 Å². The summed E-state index contributed by atoms with van der Waals surface area (Å²) in [5, 5.41) is 1.28. The van der Waals surface area contributed by atoms with E-state index in [1.807, 2.05) is 0 Å². The van der Waals surface area contributed by atoms with Gasteiger partial charge in [-0.2, -0.15) is 0 Å². The Morgan fingerprint density at radius 3 is 2.94 bits per heavy atom. The number of hydrogen-bond donors (Lipinski definition) is 0. The highest BCUT2D eigenvalue weighted by Gasteiger charge is 2.08. The Morgan fingerprint density at radius 2 is 2.18 bits per heavy atom. The number of methoxy groups -OCH3 is 1. The van der Waals surface area contributed by atoms with Crippen LogP contribution in [-0.4, -0.2) is 18.1 Å². The van der Waals surface area contributed by atoms with Gasteiger partial charge in [0.1, 0.15) is 5.82 Å². The second-order valence-corrected chi connectivity index (χ2v) is 3.70. The molecule has 0 unspecified atom stereocenters. The van der Waals surface area contributed by atoms with Crippen LogP contribution in [0.5, 0.6) is 0 Å². The van der Waals surface area contributed by atoms with Gasteiger partial charge in [-0.1, -0.05) is 6.07 Å². The molecule has 2 rings (SSSR count). The molecule has 1 aromatic carbocycles. The van der Waals surface area contributed by atoms with E-state index in [-0.39, 0.29) is 18.2 Å². The van der Waals surface area contributed by atoms with Crippen molar-refractivity contribution in [2.75, 3.05) is 7.11 Å². The van der Waals surface area contributed by atoms with Crippen molar-refractivity contribution in [2.24, 2.45) is 0 Å². The van der Waals surface area contributed by atoms with Crippen LogP contribution in [0.25, 0.3) is 10.8 Å². The fourth-order valence-corrected chi connectivity index (χ4v) is 1.77. The number of carbonyl (C=O) groups excluding carboxylic acids is 1. The van der Waals surface area contributed by atoms with E-state index in [9.17, 15) is 9.18 Å². The molecule has 3 nitrogen and oxygen atoms in total. The zero-order valence-electron chi connectivity index (χ0n) is 9.44. The number of aromatic nitrogens is 1. The summed E-state index contributed by atoms with van der Waals surface area (Å²) in [6.07, 6.45) is 3.97. The number of fused-ring (bicyclic) bond motifs is 1. The van der Waals surface area contributed by atoms with Gasteiger partial charge in [0.15, 0.2) is 0 Å². The zero-order valence-corrected chi connectivity index (χ0v) is 9.44. The number of hydrogen-bond acceptors (Lipinski definition) is 3. The molecule has 0 atom stereocenters. The van der Waals surface area contributed by atoms with Crippen molar-refractivity contribution >= 4 is 16.7 Å². The molecule has 0 radical (unpaired) electrons. The highest BCUT2D eigenvalue weighted by Crippen LogP contribution is 2.21. The minimum absolute atomic E-state index is 0.272. The van der Waals surface area contributed by atoms with Gasteiger partial charge in [0.05, 0.1) is 7.11 Å². The normalized spacial score (nSPS) is 10.5. The molecule has 1 aromatic heterocycles. The third-order valence-corrected chi connectivity index (χ3v) is 2.68. The van der Waals surface area contributed by atoms with Crippen LogP contribution >= 0.6 is 0 Å². The number of esters is 1. The molecule has 0 amide bonds. The molecule has 0 saturated carbocycles. The first-order valence-electron chi connectivity index (χ1n) is 5.30. The Hall–Kier alpha value is -1.97. The van der Waals surface area contributed by atoms with Crippen LogP contribution in [-0.2, 0) is 16.0 Å². The van der Waals surface area contributed by atoms with Crippen molar-refractivity contribution in [1.29, 1.82) is 0 Å². The van der Waals surface area contributed by atoms with E-state index >= 15 is 0 Å². The van der Waals surface area contributed by atoms with E-state index in [0.29, 0.717) is 11.8 Å². The van der Waals surface area contributed by atoms with Gasteiger partial charge in [0.2, 0.25) is 0 Å². The summed E-state index contributed by atoms with van der Waals surface area (Å²) < 4.78 is 18.1. The molecule has 2 aromatic rings. The number of halogens is 1. The van der Waals surface area contributed by atoms with Gasteiger partial charge < -0.3 is 4.74 Å². The van der Waals surface area contributed by atoms with Crippen molar-refractivity contribution in [3.05, 3.63) is 42.0 Å². The second kappa shape index (κ2) is 4.91. The summed E-state index contributed by atoms with van der Waals surface area (Å²) in [7, 11) is 1.35. The summed E-state index contributed by atoms with van der Waals surface area (Å²) in [6.45, 7) is 0. The molecule has 0 saturated heterocycles. The van der Waals surface area contributed by atoms with Gasteiger partial charge in [-0.3, -0.25) is 9.78 Å². The predicted octanol–water partition coefficient (Wildman–Crippen LogP) is 2.48. The van der Waals surface area contributed by atoms with Crippen LogP contribution in [0.3, 0.4) is 0 Å². The van der Waals surface area contributed by atoms with E-state index in [1.54, 1.807) is 24.5 Å². The third-order valence-electron chi connectivity index (χ3n) is 2.68. The predicted molar refractivity (Wildman–Crippen MR) is 62.0 cm³/mol. The lowest BCUT2D eigenvalue weighted by Crippen LogP contribution is -2.02. The molecule has 0 spiro atoms. The number of rotatable bonds is 3. The molecule has 17 heavy (non-hydrogen) atoms. The van der Waals surface area contributed by atoms with Gasteiger partial charge in [0, 0.05) is 29.6 Å². The molecule has 0 aliphatic carbocycles. The van der Waals surface area contributed by atoms with Crippen molar-refractivity contribution in [1.82, 2.24) is 4.98 Å². The number of benzene rings is 1. The summed E-state index contributed by atoms with van der Waals surface area (Å²) in [5.41, 5.74) is 0.903. The maximum atomic E-state index is 13.5. The van der Waals surface area contributed by atoms with E-state index in [0.717, 1.165) is 10.9 Å². The SMILES string of the molecule is COC(=O)CCc1ccc(F)c2ccncc12.